The molecule has 0 saturated carbocycles. The molecule has 0 aliphatic carbocycles. The van der Waals surface area contributed by atoms with E-state index in [0.717, 1.165) is 62.8 Å². The molecular weight excluding hydrogens is 898 g/mol. The zero-order valence-electron chi connectivity index (χ0n) is 36.1. The molecule has 336 valence electrons. The molecule has 3 aliphatic rings. The number of halogens is 4. The van der Waals surface area contributed by atoms with Crippen molar-refractivity contribution in [3.05, 3.63) is 193 Å². The highest BCUT2D eigenvalue weighted by Gasteiger charge is 2.21. The Morgan fingerprint density at radius 1 is 0.508 bits per heavy atom. The van der Waals surface area contributed by atoms with Crippen molar-refractivity contribution in [1.29, 1.82) is 0 Å². The third-order valence-corrected chi connectivity index (χ3v) is 12.8. The minimum absolute atomic E-state index is 0.120. The zero-order chi connectivity index (χ0) is 45.7. The normalized spacial score (nSPS) is 17.8. The second kappa shape index (κ2) is 23.3. The van der Waals surface area contributed by atoms with Crippen molar-refractivity contribution in [2.24, 2.45) is 0 Å². The molecule has 6 aromatic rings. The first-order valence-electron chi connectivity index (χ1n) is 21.8. The summed E-state index contributed by atoms with van der Waals surface area (Å²) in [5, 5.41) is 17.4. The third-order valence-electron chi connectivity index (χ3n) is 11.8. The van der Waals surface area contributed by atoms with Gasteiger partial charge in [0.25, 0.3) is 17.7 Å². The van der Waals surface area contributed by atoms with Crippen molar-refractivity contribution < 1.29 is 14.4 Å². The second-order valence-corrected chi connectivity index (χ2v) is 18.2. The number of carbonyl (C=O) groups excluding carboxylic acids is 3. The van der Waals surface area contributed by atoms with Gasteiger partial charge in [-0.25, -0.2) is 0 Å². The highest BCUT2D eigenvalue weighted by Crippen LogP contribution is 2.29. The molecule has 65 heavy (non-hydrogen) atoms. The van der Waals surface area contributed by atoms with Gasteiger partial charge >= 0.3 is 0 Å². The van der Waals surface area contributed by atoms with Crippen LogP contribution in [0.25, 0.3) is 0 Å². The van der Waals surface area contributed by atoms with Crippen LogP contribution in [0.1, 0.15) is 84.8 Å². The van der Waals surface area contributed by atoms with Crippen LogP contribution in [0.5, 0.6) is 0 Å². The Bertz CT molecular complexity index is 2530. The largest absolute Gasteiger partial charge is 0.322 e. The van der Waals surface area contributed by atoms with E-state index in [1.54, 1.807) is 66.7 Å². The van der Waals surface area contributed by atoms with Crippen LogP contribution < -0.4 is 26.6 Å². The van der Waals surface area contributed by atoms with Crippen LogP contribution in [-0.2, 0) is 0 Å². The number of nitrogens with zero attached hydrogens (tertiary/aromatic N) is 1. The van der Waals surface area contributed by atoms with E-state index in [2.05, 4.69) is 74.9 Å². The summed E-state index contributed by atoms with van der Waals surface area (Å²) in [7, 11) is 2.15. The molecule has 13 heteroatoms. The van der Waals surface area contributed by atoms with E-state index in [1.165, 1.54) is 29.5 Å². The number of likely N-dealkylation sites (N-methyl/N-ethyl adjacent to an activating group) is 1. The zero-order valence-corrected chi connectivity index (χ0v) is 39.1. The molecule has 3 fully saturated rings. The SMILES string of the molecule is CN1CCC(c2ccc(NC(=O)c3ccc(Cl)cc3)cc2)C1.O=C(Nc1ccc(C2CCNC2)cc1)c1ccc(Cl)cc1Cl.O=C(Nc1ccc(C2CCNC2)cc1)c1cccc(Cl)c1. The van der Waals surface area contributed by atoms with Gasteiger partial charge in [-0.05, 0) is 177 Å². The minimum Gasteiger partial charge on any atom is -0.322 e. The second-order valence-electron chi connectivity index (χ2n) is 16.5. The number of rotatable bonds is 9. The maximum atomic E-state index is 12.2. The molecule has 0 bridgehead atoms. The third kappa shape index (κ3) is 13.9. The van der Waals surface area contributed by atoms with Gasteiger partial charge in [0.15, 0.2) is 0 Å². The topological polar surface area (TPSA) is 115 Å². The number of nitrogens with one attached hydrogen (secondary N) is 5. The van der Waals surface area contributed by atoms with E-state index in [9.17, 15) is 14.4 Å². The van der Waals surface area contributed by atoms with Gasteiger partial charge in [-0.1, -0.05) is 88.9 Å². The van der Waals surface area contributed by atoms with Gasteiger partial charge in [0.05, 0.1) is 10.6 Å². The van der Waals surface area contributed by atoms with Crippen LogP contribution in [0.15, 0.2) is 140 Å². The molecule has 3 aliphatic heterocycles. The lowest BCUT2D eigenvalue weighted by Crippen LogP contribution is -2.13. The predicted molar refractivity (Wildman–Crippen MR) is 268 cm³/mol. The van der Waals surface area contributed by atoms with Crippen molar-refractivity contribution >= 4 is 81.2 Å². The molecule has 9 rings (SSSR count). The molecule has 3 atom stereocenters. The van der Waals surface area contributed by atoms with Crippen LogP contribution in [0.3, 0.4) is 0 Å². The van der Waals surface area contributed by atoms with E-state index in [-0.39, 0.29) is 17.7 Å². The molecule has 3 amide bonds. The fourth-order valence-electron chi connectivity index (χ4n) is 8.11. The molecule has 5 N–H and O–H groups in total. The number of likely N-dealkylation sites (tertiary alicyclic amines) is 1. The maximum Gasteiger partial charge on any atom is 0.257 e. The van der Waals surface area contributed by atoms with E-state index >= 15 is 0 Å². The predicted octanol–water partition coefficient (Wildman–Crippen LogP) is 12.0. The molecule has 3 saturated heterocycles. The Labute approximate surface area is 401 Å². The summed E-state index contributed by atoms with van der Waals surface area (Å²) >= 11 is 23.6. The average molecular weight is 951 g/mol. The molecule has 9 nitrogen and oxygen atoms in total. The van der Waals surface area contributed by atoms with Gasteiger partial charge in [-0.3, -0.25) is 14.4 Å². The number of benzene rings is 6. The summed E-state index contributed by atoms with van der Waals surface area (Å²) in [5.74, 6) is 1.25. The van der Waals surface area contributed by atoms with Crippen molar-refractivity contribution in [1.82, 2.24) is 15.5 Å². The Morgan fingerprint density at radius 3 is 1.45 bits per heavy atom. The fourth-order valence-corrected chi connectivity index (χ4v) is 8.92. The first-order valence-corrected chi connectivity index (χ1v) is 23.3. The lowest BCUT2D eigenvalue weighted by Gasteiger charge is -2.12. The number of carbonyl (C=O) groups is 3. The quantitative estimate of drug-likeness (QED) is 0.0986. The molecular formula is C52H52Cl4N6O3. The lowest BCUT2D eigenvalue weighted by molar-refractivity contribution is 0.101. The van der Waals surface area contributed by atoms with Gasteiger partial charge < -0.3 is 31.5 Å². The average Bonchev–Trinajstić information content (AvgIpc) is 4.13. The van der Waals surface area contributed by atoms with Gasteiger partial charge in [-0.2, -0.15) is 0 Å². The van der Waals surface area contributed by atoms with Crippen LogP contribution in [-0.4, -0.2) is 68.9 Å². The molecule has 3 heterocycles. The Hall–Kier alpha value is -5.23. The Morgan fingerprint density at radius 2 is 0.985 bits per heavy atom. The van der Waals surface area contributed by atoms with Crippen molar-refractivity contribution in [3.8, 4) is 0 Å². The molecule has 0 spiro atoms. The van der Waals surface area contributed by atoms with Gasteiger partial charge in [0, 0.05) is 62.9 Å². The van der Waals surface area contributed by atoms with Crippen LogP contribution >= 0.6 is 46.4 Å². The highest BCUT2D eigenvalue weighted by molar-refractivity contribution is 6.37. The lowest BCUT2D eigenvalue weighted by atomic mass is 9.98. The summed E-state index contributed by atoms with van der Waals surface area (Å²) < 4.78 is 0. The fraction of sp³-hybridized carbons (Fsp3) is 0.250. The minimum atomic E-state index is -0.239. The summed E-state index contributed by atoms with van der Waals surface area (Å²) in [6, 6.07) is 42.9. The maximum absolute atomic E-state index is 12.2. The summed E-state index contributed by atoms with van der Waals surface area (Å²) in [6.07, 6.45) is 3.54. The number of hydrogen-bond acceptors (Lipinski definition) is 6. The summed E-state index contributed by atoms with van der Waals surface area (Å²) in [5.41, 5.74) is 7.91. The van der Waals surface area contributed by atoms with Crippen molar-refractivity contribution in [2.75, 3.05) is 62.3 Å². The smallest absolute Gasteiger partial charge is 0.257 e. The number of amides is 3. The van der Waals surface area contributed by atoms with Crippen LogP contribution in [0, 0.1) is 0 Å². The number of anilines is 3. The van der Waals surface area contributed by atoms with E-state index in [4.69, 9.17) is 46.4 Å². The first-order chi connectivity index (χ1) is 31.5. The van der Waals surface area contributed by atoms with Crippen LogP contribution in [0.4, 0.5) is 17.1 Å². The van der Waals surface area contributed by atoms with Crippen molar-refractivity contribution in [3.63, 3.8) is 0 Å². The van der Waals surface area contributed by atoms with Gasteiger partial charge in [-0.15, -0.1) is 0 Å². The first kappa shape index (κ1) is 47.7. The monoisotopic (exact) mass is 948 g/mol. The summed E-state index contributed by atoms with van der Waals surface area (Å²) in [6.45, 7) is 6.46. The standard InChI is InChI=1S/C18H19ClN2O.C17H16Cl2N2O.C17H17ClN2O/c1-21-11-10-15(12-21)13-4-8-17(9-5-13)20-18(22)14-2-6-16(19)7-3-14;18-13-3-6-15(16(19)9-13)17(22)21-14-4-1-11(2-5-14)12-7-8-20-10-12;18-15-3-1-2-13(10-15)17(21)20-16-6-4-12(5-7-16)14-8-9-19-11-14/h2-9,15H,10-12H2,1H3,(H,20,22);1-6,9,12,20H,7-8,10H2,(H,21,22);1-7,10,14,19H,8-9,11H2,(H,20,21). The Kier molecular flexibility index (Phi) is 17.1. The van der Waals surface area contributed by atoms with E-state index < -0.39 is 0 Å². The van der Waals surface area contributed by atoms with Gasteiger partial charge in [0.2, 0.25) is 0 Å². The molecule has 0 radical (unpaired) electrons. The van der Waals surface area contributed by atoms with Crippen LogP contribution in [0.2, 0.25) is 20.1 Å². The summed E-state index contributed by atoms with van der Waals surface area (Å²) in [4.78, 5) is 38.9. The van der Waals surface area contributed by atoms with E-state index in [0.29, 0.717) is 54.5 Å². The van der Waals surface area contributed by atoms with E-state index in [1.807, 2.05) is 36.4 Å². The van der Waals surface area contributed by atoms with Crippen molar-refractivity contribution in [2.45, 2.75) is 37.0 Å². The molecule has 3 unspecified atom stereocenters. The molecule has 6 aromatic carbocycles. The molecule has 0 aromatic heterocycles. The number of hydrogen-bond donors (Lipinski definition) is 5. The Balaban J connectivity index is 0.000000145. The highest BCUT2D eigenvalue weighted by atomic mass is 35.5. The van der Waals surface area contributed by atoms with Gasteiger partial charge in [0.1, 0.15) is 0 Å².